The van der Waals surface area contributed by atoms with Gasteiger partial charge in [0.05, 0.1) is 11.3 Å². The van der Waals surface area contributed by atoms with Gasteiger partial charge in [-0.2, -0.15) is 26.9 Å². The van der Waals surface area contributed by atoms with E-state index in [0.717, 1.165) is 12.1 Å². The Morgan fingerprint density at radius 3 is 2.29 bits per heavy atom. The highest BCUT2D eigenvalue weighted by molar-refractivity contribution is 9.10. The van der Waals surface area contributed by atoms with E-state index in [4.69, 9.17) is 4.18 Å². The average molecular weight is 474 g/mol. The van der Waals surface area contributed by atoms with Gasteiger partial charge >= 0.3 is 16.3 Å². The van der Waals surface area contributed by atoms with Crippen molar-refractivity contribution in [3.8, 4) is 6.07 Å². The van der Waals surface area contributed by atoms with E-state index in [2.05, 4.69) is 15.9 Å². The topological polar surface area (TPSA) is 67.2 Å². The summed E-state index contributed by atoms with van der Waals surface area (Å²) >= 11 is 3.23. The summed E-state index contributed by atoms with van der Waals surface area (Å²) < 4.78 is 70.7. The molecule has 4 nitrogen and oxygen atoms in total. The minimum Gasteiger partial charge on any atom is -0.380 e. The van der Waals surface area contributed by atoms with E-state index in [1.54, 1.807) is 25.1 Å². The summed E-state index contributed by atoms with van der Waals surface area (Å²) in [6, 6.07) is 12.3. The summed E-state index contributed by atoms with van der Waals surface area (Å²) in [6.07, 6.45) is -4.56. The Morgan fingerprint density at radius 2 is 1.75 bits per heavy atom. The Balaban J connectivity index is 2.82. The van der Waals surface area contributed by atoms with Crippen molar-refractivity contribution < 1.29 is 25.8 Å². The molecule has 0 aliphatic heterocycles. The molecule has 0 saturated carbocycles. The standard InChI is InChI=1S/C19H15BrF3NO3S/c1-2-11-28(25,26)27-18(15-5-3-4-6-17(15)19(21,22)23)16(12-24)13-7-9-14(20)10-8-13/h3-10H,2,11H2,1H3/b18-16+. The molecular formula is C19H15BrF3NO3S. The number of rotatable bonds is 6. The molecule has 2 aromatic rings. The highest BCUT2D eigenvalue weighted by Gasteiger charge is 2.36. The molecule has 0 radical (unpaired) electrons. The number of hydrogen-bond donors (Lipinski definition) is 0. The van der Waals surface area contributed by atoms with Crippen molar-refractivity contribution in [2.75, 3.05) is 5.75 Å². The van der Waals surface area contributed by atoms with Crippen molar-refractivity contribution in [3.63, 3.8) is 0 Å². The second-order valence-corrected chi connectivity index (χ2v) is 8.32. The van der Waals surface area contributed by atoms with Crippen molar-refractivity contribution >= 4 is 37.4 Å². The van der Waals surface area contributed by atoms with Gasteiger partial charge in [0.1, 0.15) is 11.6 Å². The molecule has 0 heterocycles. The first-order valence-corrected chi connectivity index (χ1v) is 10.4. The highest BCUT2D eigenvalue weighted by atomic mass is 79.9. The third-order valence-electron chi connectivity index (χ3n) is 3.61. The van der Waals surface area contributed by atoms with Gasteiger partial charge in [-0.05, 0) is 30.2 Å². The van der Waals surface area contributed by atoms with Gasteiger partial charge in [-0.25, -0.2) is 0 Å². The maximum absolute atomic E-state index is 13.5. The lowest BCUT2D eigenvalue weighted by Gasteiger charge is -2.17. The molecule has 2 aromatic carbocycles. The number of alkyl halides is 3. The van der Waals surface area contributed by atoms with Crippen LogP contribution in [0.15, 0.2) is 53.0 Å². The lowest BCUT2D eigenvalue weighted by molar-refractivity contribution is -0.137. The van der Waals surface area contributed by atoms with Crippen LogP contribution in [0.5, 0.6) is 0 Å². The van der Waals surface area contributed by atoms with E-state index in [1.165, 1.54) is 24.3 Å². The summed E-state index contributed by atoms with van der Waals surface area (Å²) in [5.41, 5.74) is -1.70. The fourth-order valence-corrected chi connectivity index (χ4v) is 3.71. The lowest BCUT2D eigenvalue weighted by atomic mass is 9.98. The van der Waals surface area contributed by atoms with Gasteiger partial charge in [0.2, 0.25) is 0 Å². The predicted octanol–water partition coefficient (Wildman–Crippen LogP) is 5.62. The second kappa shape index (κ2) is 8.80. The van der Waals surface area contributed by atoms with E-state index < -0.39 is 38.9 Å². The molecule has 0 spiro atoms. The van der Waals surface area contributed by atoms with E-state index >= 15 is 0 Å². The molecule has 0 saturated heterocycles. The van der Waals surface area contributed by atoms with E-state index in [0.29, 0.717) is 4.47 Å². The monoisotopic (exact) mass is 473 g/mol. The SMILES string of the molecule is CCCS(=O)(=O)O/C(=C(\C#N)c1ccc(Br)cc1)c1ccccc1C(F)(F)F. The van der Waals surface area contributed by atoms with Gasteiger partial charge in [-0.3, -0.25) is 0 Å². The van der Waals surface area contributed by atoms with Crippen LogP contribution in [0, 0.1) is 11.3 Å². The van der Waals surface area contributed by atoms with Gasteiger partial charge in [0, 0.05) is 10.0 Å². The molecule has 0 amide bonds. The molecule has 0 N–H and O–H groups in total. The number of nitrogens with zero attached hydrogens (tertiary/aromatic N) is 1. The molecule has 2 rings (SSSR count). The van der Waals surface area contributed by atoms with Crippen LogP contribution < -0.4 is 0 Å². The van der Waals surface area contributed by atoms with Crippen molar-refractivity contribution in [2.24, 2.45) is 0 Å². The first-order valence-electron chi connectivity index (χ1n) is 8.08. The minimum absolute atomic E-state index is 0.205. The van der Waals surface area contributed by atoms with E-state index in [-0.39, 0.29) is 17.6 Å². The zero-order valence-electron chi connectivity index (χ0n) is 14.6. The van der Waals surface area contributed by atoms with Crippen LogP contribution in [0.1, 0.15) is 30.0 Å². The number of allylic oxidation sites excluding steroid dienone is 1. The zero-order valence-corrected chi connectivity index (χ0v) is 17.0. The van der Waals surface area contributed by atoms with Crippen LogP contribution in [0.25, 0.3) is 11.3 Å². The first-order chi connectivity index (χ1) is 13.1. The smallest absolute Gasteiger partial charge is 0.380 e. The van der Waals surface area contributed by atoms with Crippen LogP contribution in [0.2, 0.25) is 0 Å². The third-order valence-corrected chi connectivity index (χ3v) is 5.47. The Labute approximate surface area is 169 Å². The molecule has 0 unspecified atom stereocenters. The van der Waals surface area contributed by atoms with Crippen molar-refractivity contribution in [1.82, 2.24) is 0 Å². The second-order valence-electron chi connectivity index (χ2n) is 5.71. The first kappa shape index (κ1) is 22.0. The van der Waals surface area contributed by atoms with Gasteiger partial charge in [-0.15, -0.1) is 0 Å². The predicted molar refractivity (Wildman–Crippen MR) is 103 cm³/mol. The maximum Gasteiger partial charge on any atom is 0.417 e. The average Bonchev–Trinajstić information content (AvgIpc) is 2.62. The molecule has 0 fully saturated rings. The maximum atomic E-state index is 13.5. The molecule has 0 bridgehead atoms. The fraction of sp³-hybridized carbons (Fsp3) is 0.211. The fourth-order valence-electron chi connectivity index (χ4n) is 2.43. The van der Waals surface area contributed by atoms with Crippen LogP contribution in [-0.2, 0) is 20.5 Å². The molecule has 148 valence electrons. The van der Waals surface area contributed by atoms with Crippen LogP contribution in [-0.4, -0.2) is 14.2 Å². The van der Waals surface area contributed by atoms with E-state index in [9.17, 15) is 26.9 Å². The highest BCUT2D eigenvalue weighted by Crippen LogP contribution is 2.38. The van der Waals surface area contributed by atoms with Crippen LogP contribution in [0.3, 0.4) is 0 Å². The zero-order chi connectivity index (χ0) is 20.9. The van der Waals surface area contributed by atoms with Gasteiger partial charge < -0.3 is 4.18 Å². The Kier molecular flexibility index (Phi) is 6.91. The summed E-state index contributed by atoms with van der Waals surface area (Å²) in [6.45, 7) is 1.59. The summed E-state index contributed by atoms with van der Waals surface area (Å²) in [5.74, 6) is -1.05. The number of nitriles is 1. The molecule has 9 heteroatoms. The lowest BCUT2D eigenvalue weighted by Crippen LogP contribution is -2.14. The summed E-state index contributed by atoms with van der Waals surface area (Å²) in [5, 5.41) is 9.63. The van der Waals surface area contributed by atoms with Crippen molar-refractivity contribution in [1.29, 1.82) is 5.26 Å². The van der Waals surface area contributed by atoms with Gasteiger partial charge in [0.15, 0.2) is 5.76 Å². The minimum atomic E-state index is -4.76. The normalized spacial score (nSPS) is 12.9. The van der Waals surface area contributed by atoms with Crippen LogP contribution >= 0.6 is 15.9 Å². The van der Waals surface area contributed by atoms with Crippen molar-refractivity contribution in [3.05, 3.63) is 69.7 Å². The number of hydrogen-bond acceptors (Lipinski definition) is 4. The molecule has 0 atom stereocenters. The molecule has 0 aromatic heterocycles. The van der Waals surface area contributed by atoms with Crippen LogP contribution in [0.4, 0.5) is 13.2 Å². The largest absolute Gasteiger partial charge is 0.417 e. The number of halogens is 4. The number of benzene rings is 2. The molecule has 0 aliphatic carbocycles. The summed E-state index contributed by atoms with van der Waals surface area (Å²) in [4.78, 5) is 0. The quantitative estimate of drug-likeness (QED) is 0.236. The molecule has 28 heavy (non-hydrogen) atoms. The Morgan fingerprint density at radius 1 is 1.14 bits per heavy atom. The van der Waals surface area contributed by atoms with E-state index in [1.807, 2.05) is 0 Å². The van der Waals surface area contributed by atoms with Gasteiger partial charge in [0.25, 0.3) is 0 Å². The van der Waals surface area contributed by atoms with Crippen molar-refractivity contribution in [2.45, 2.75) is 19.5 Å². The summed E-state index contributed by atoms with van der Waals surface area (Å²) in [7, 11) is -4.20. The Hall–Kier alpha value is -2.31. The third kappa shape index (κ3) is 5.36. The Bertz CT molecular complexity index is 1020. The molecule has 0 aliphatic rings. The van der Waals surface area contributed by atoms with Gasteiger partial charge in [-0.1, -0.05) is 53.2 Å². The molecular weight excluding hydrogens is 459 g/mol.